The Hall–Kier alpha value is -1.79. The molecule has 1 heterocycles. The van der Waals surface area contributed by atoms with E-state index in [1.54, 1.807) is 25.8 Å². The smallest absolute Gasteiger partial charge is 0.317 e. The van der Waals surface area contributed by atoms with Gasteiger partial charge in [-0.25, -0.2) is 4.79 Å². The van der Waals surface area contributed by atoms with E-state index in [9.17, 15) is 14.4 Å². The van der Waals surface area contributed by atoms with Crippen LogP contribution in [0.1, 0.15) is 20.3 Å². The van der Waals surface area contributed by atoms with Gasteiger partial charge in [-0.05, 0) is 13.8 Å². The number of hydrogen-bond acceptors (Lipinski definition) is 3. The van der Waals surface area contributed by atoms with Gasteiger partial charge in [-0.15, -0.1) is 0 Å². The Balaban J connectivity index is 2.30. The molecule has 0 aromatic heterocycles. The third kappa shape index (κ3) is 4.11. The first-order chi connectivity index (χ1) is 8.76. The fourth-order valence-electron chi connectivity index (χ4n) is 1.94. The third-order valence-electron chi connectivity index (χ3n) is 3.23. The van der Waals surface area contributed by atoms with E-state index in [1.165, 1.54) is 0 Å². The molecule has 0 spiro atoms. The van der Waals surface area contributed by atoms with Crippen LogP contribution in [0, 0.1) is 11.3 Å². The molecular formula is C12H21N3O4. The van der Waals surface area contributed by atoms with Gasteiger partial charge in [-0.2, -0.15) is 0 Å². The molecule has 1 saturated heterocycles. The molecule has 108 valence electrons. The van der Waals surface area contributed by atoms with Crippen molar-refractivity contribution in [3.05, 3.63) is 0 Å². The Bertz CT molecular complexity index is 375. The van der Waals surface area contributed by atoms with E-state index in [0.29, 0.717) is 13.1 Å². The number of carbonyl (C=O) groups excluding carboxylic acids is 2. The van der Waals surface area contributed by atoms with Crippen LogP contribution in [-0.2, 0) is 9.59 Å². The molecule has 0 atom stereocenters. The highest BCUT2D eigenvalue weighted by Crippen LogP contribution is 2.19. The maximum absolute atomic E-state index is 11.7. The van der Waals surface area contributed by atoms with Gasteiger partial charge in [0, 0.05) is 32.6 Å². The van der Waals surface area contributed by atoms with E-state index in [-0.39, 0.29) is 30.8 Å². The lowest BCUT2D eigenvalue weighted by Gasteiger charge is -2.39. The first-order valence-corrected chi connectivity index (χ1v) is 6.23. The molecular weight excluding hydrogens is 250 g/mol. The van der Waals surface area contributed by atoms with Crippen LogP contribution in [0.4, 0.5) is 4.79 Å². The second kappa shape index (κ2) is 5.90. The number of amides is 3. The summed E-state index contributed by atoms with van der Waals surface area (Å²) in [6.45, 7) is 4.65. The molecule has 0 bridgehead atoms. The number of likely N-dealkylation sites (tertiary alicyclic amines) is 1. The van der Waals surface area contributed by atoms with Crippen molar-refractivity contribution in [1.82, 2.24) is 15.5 Å². The van der Waals surface area contributed by atoms with Gasteiger partial charge >= 0.3 is 12.0 Å². The minimum Gasteiger partial charge on any atom is -0.481 e. The second-order valence-corrected chi connectivity index (χ2v) is 5.49. The number of carboxylic acid groups (broad SMARTS) is 1. The number of rotatable bonds is 5. The number of carboxylic acids is 1. The summed E-state index contributed by atoms with van der Waals surface area (Å²) in [4.78, 5) is 35.3. The minimum atomic E-state index is -0.842. The molecule has 7 nitrogen and oxygen atoms in total. The third-order valence-corrected chi connectivity index (χ3v) is 3.23. The van der Waals surface area contributed by atoms with Gasteiger partial charge < -0.3 is 20.6 Å². The summed E-state index contributed by atoms with van der Waals surface area (Å²) in [7, 11) is 1.55. The zero-order chi connectivity index (χ0) is 14.6. The normalized spacial score (nSPS) is 15.6. The molecule has 7 heteroatoms. The number of hydrogen-bond donors (Lipinski definition) is 3. The summed E-state index contributed by atoms with van der Waals surface area (Å²) < 4.78 is 0. The SMILES string of the molecule is CNC(=O)C(C)(C)CNC(=O)N1CC(CC(=O)O)C1. The summed E-state index contributed by atoms with van der Waals surface area (Å²) in [6, 6.07) is -0.251. The number of aliphatic carboxylic acids is 1. The average Bonchev–Trinajstić information content (AvgIpc) is 2.28. The summed E-state index contributed by atoms with van der Waals surface area (Å²) in [5.41, 5.74) is -0.671. The van der Waals surface area contributed by atoms with Gasteiger partial charge in [-0.3, -0.25) is 9.59 Å². The molecule has 1 aliphatic rings. The second-order valence-electron chi connectivity index (χ2n) is 5.49. The van der Waals surface area contributed by atoms with E-state index < -0.39 is 11.4 Å². The lowest BCUT2D eigenvalue weighted by atomic mass is 9.92. The summed E-state index contributed by atoms with van der Waals surface area (Å²) in [5, 5.41) is 13.8. The standard InChI is InChI=1S/C12H21N3O4/c1-12(2,10(18)13-3)7-14-11(19)15-5-8(6-15)4-9(16)17/h8H,4-7H2,1-3H3,(H,13,18)(H,14,19)(H,16,17). The van der Waals surface area contributed by atoms with Gasteiger partial charge in [0.15, 0.2) is 0 Å². The predicted molar refractivity (Wildman–Crippen MR) is 68.6 cm³/mol. The van der Waals surface area contributed by atoms with Crippen molar-refractivity contribution in [2.75, 3.05) is 26.7 Å². The van der Waals surface area contributed by atoms with E-state index in [2.05, 4.69) is 10.6 Å². The average molecular weight is 271 g/mol. The van der Waals surface area contributed by atoms with Crippen LogP contribution in [0.3, 0.4) is 0 Å². The van der Waals surface area contributed by atoms with Gasteiger partial charge in [-0.1, -0.05) is 0 Å². The maximum atomic E-state index is 11.7. The summed E-state index contributed by atoms with van der Waals surface area (Å²) in [6.07, 6.45) is 0.0908. The van der Waals surface area contributed by atoms with E-state index >= 15 is 0 Å². The molecule has 1 rings (SSSR count). The van der Waals surface area contributed by atoms with Crippen molar-refractivity contribution in [3.8, 4) is 0 Å². The maximum Gasteiger partial charge on any atom is 0.317 e. The highest BCUT2D eigenvalue weighted by Gasteiger charge is 2.33. The quantitative estimate of drug-likeness (QED) is 0.649. The number of nitrogens with zero attached hydrogens (tertiary/aromatic N) is 1. The van der Waals surface area contributed by atoms with Crippen LogP contribution in [0.2, 0.25) is 0 Å². The molecule has 3 amide bonds. The van der Waals surface area contributed by atoms with Crippen molar-refractivity contribution in [2.45, 2.75) is 20.3 Å². The Morgan fingerprint density at radius 2 is 1.89 bits per heavy atom. The zero-order valence-corrected chi connectivity index (χ0v) is 11.5. The Kier molecular flexibility index (Phi) is 4.74. The van der Waals surface area contributed by atoms with Crippen LogP contribution in [0.5, 0.6) is 0 Å². The highest BCUT2D eigenvalue weighted by atomic mass is 16.4. The highest BCUT2D eigenvalue weighted by molar-refractivity contribution is 5.83. The molecule has 0 aromatic carbocycles. The predicted octanol–water partition coefficient (Wildman–Crippen LogP) is -0.125. The van der Waals surface area contributed by atoms with E-state index in [4.69, 9.17) is 5.11 Å². The van der Waals surface area contributed by atoms with E-state index in [0.717, 1.165) is 0 Å². The van der Waals surface area contributed by atoms with Crippen molar-refractivity contribution in [3.63, 3.8) is 0 Å². The van der Waals surface area contributed by atoms with Crippen molar-refractivity contribution in [1.29, 1.82) is 0 Å². The zero-order valence-electron chi connectivity index (χ0n) is 11.5. The molecule has 0 unspecified atom stereocenters. The topological polar surface area (TPSA) is 98.7 Å². The lowest BCUT2D eigenvalue weighted by molar-refractivity contribution is -0.139. The first kappa shape index (κ1) is 15.3. The molecule has 19 heavy (non-hydrogen) atoms. The molecule has 0 aromatic rings. The van der Waals surface area contributed by atoms with Gasteiger partial charge in [0.05, 0.1) is 11.8 Å². The molecule has 0 radical (unpaired) electrons. The summed E-state index contributed by atoms with van der Waals surface area (Å²) >= 11 is 0. The first-order valence-electron chi connectivity index (χ1n) is 6.23. The Morgan fingerprint density at radius 1 is 1.32 bits per heavy atom. The minimum absolute atomic E-state index is 0.0372. The molecule has 3 N–H and O–H groups in total. The number of carbonyl (C=O) groups is 3. The molecule has 0 saturated carbocycles. The van der Waals surface area contributed by atoms with Gasteiger partial charge in [0.2, 0.25) is 5.91 Å². The fourth-order valence-corrected chi connectivity index (χ4v) is 1.94. The van der Waals surface area contributed by atoms with Crippen LogP contribution < -0.4 is 10.6 Å². The molecule has 1 aliphatic heterocycles. The van der Waals surface area contributed by atoms with Gasteiger partial charge in [0.25, 0.3) is 0 Å². The lowest BCUT2D eigenvalue weighted by Crippen LogP contribution is -2.56. The largest absolute Gasteiger partial charge is 0.481 e. The van der Waals surface area contributed by atoms with Crippen LogP contribution in [0.25, 0.3) is 0 Å². The van der Waals surface area contributed by atoms with Crippen molar-refractivity contribution in [2.24, 2.45) is 11.3 Å². The van der Waals surface area contributed by atoms with Crippen molar-refractivity contribution < 1.29 is 19.5 Å². The molecule has 1 fully saturated rings. The number of nitrogens with one attached hydrogen (secondary N) is 2. The van der Waals surface area contributed by atoms with Crippen LogP contribution in [0.15, 0.2) is 0 Å². The van der Waals surface area contributed by atoms with Gasteiger partial charge in [0.1, 0.15) is 0 Å². The number of urea groups is 1. The Morgan fingerprint density at radius 3 is 2.37 bits per heavy atom. The summed E-state index contributed by atoms with van der Waals surface area (Å²) in [5.74, 6) is -0.943. The Labute approximate surface area is 112 Å². The monoisotopic (exact) mass is 271 g/mol. The van der Waals surface area contributed by atoms with Crippen LogP contribution in [-0.4, -0.2) is 54.6 Å². The van der Waals surface area contributed by atoms with Crippen molar-refractivity contribution >= 4 is 17.9 Å². The van der Waals surface area contributed by atoms with E-state index in [1.807, 2.05) is 0 Å². The fraction of sp³-hybridized carbons (Fsp3) is 0.750. The van der Waals surface area contributed by atoms with Crippen LogP contribution >= 0.6 is 0 Å². The molecule has 0 aliphatic carbocycles.